The lowest BCUT2D eigenvalue weighted by Crippen LogP contribution is -2.20. The topological polar surface area (TPSA) is 37.4 Å². The predicted molar refractivity (Wildman–Crippen MR) is 68.1 cm³/mol. The van der Waals surface area contributed by atoms with E-state index in [1.807, 2.05) is 32.3 Å². The van der Waals surface area contributed by atoms with Crippen LogP contribution in [0.25, 0.3) is 0 Å². The Bertz CT molecular complexity index is 350. The van der Waals surface area contributed by atoms with Crippen LogP contribution in [-0.4, -0.2) is 43.2 Å². The molecular weight excluding hydrogens is 214 g/mol. The van der Waals surface area contributed by atoms with E-state index in [2.05, 4.69) is 15.2 Å². The predicted octanol–water partition coefficient (Wildman–Crippen LogP) is 1.27. The summed E-state index contributed by atoms with van der Waals surface area (Å²) < 4.78 is 5.60. The van der Waals surface area contributed by atoms with E-state index in [4.69, 9.17) is 4.74 Å². The first-order valence-corrected chi connectivity index (χ1v) is 6.21. The zero-order valence-corrected chi connectivity index (χ0v) is 10.6. The van der Waals surface area contributed by atoms with Gasteiger partial charge in [0.1, 0.15) is 6.61 Å². The van der Waals surface area contributed by atoms with E-state index < -0.39 is 0 Å². The van der Waals surface area contributed by atoms with Crippen LogP contribution in [0.2, 0.25) is 0 Å². The molecule has 1 fully saturated rings. The quantitative estimate of drug-likeness (QED) is 0.772. The summed E-state index contributed by atoms with van der Waals surface area (Å²) in [6, 6.07) is 6.67. The van der Waals surface area contributed by atoms with Gasteiger partial charge in [0.15, 0.2) is 0 Å². The Balaban J connectivity index is 1.78. The Morgan fingerprint density at radius 2 is 2.24 bits per heavy atom. The van der Waals surface area contributed by atoms with E-state index in [0.29, 0.717) is 6.61 Å². The first-order chi connectivity index (χ1) is 8.24. The summed E-state index contributed by atoms with van der Waals surface area (Å²) in [5.74, 6) is 0.724. The second kappa shape index (κ2) is 5.98. The summed E-state index contributed by atoms with van der Waals surface area (Å²) in [5.41, 5.74) is 1.05. The highest BCUT2D eigenvalue weighted by atomic mass is 16.5. The molecule has 4 heteroatoms. The third kappa shape index (κ3) is 4.71. The van der Waals surface area contributed by atoms with Gasteiger partial charge in [0.25, 0.3) is 0 Å². The molecule has 1 N–H and O–H groups in total. The number of rotatable bonds is 7. The van der Waals surface area contributed by atoms with Crippen LogP contribution in [0.4, 0.5) is 0 Å². The summed E-state index contributed by atoms with van der Waals surface area (Å²) in [6.07, 6.45) is 2.61. The molecule has 0 atom stereocenters. The van der Waals surface area contributed by atoms with Gasteiger partial charge in [-0.05, 0) is 33.0 Å². The zero-order chi connectivity index (χ0) is 12.1. The summed E-state index contributed by atoms with van der Waals surface area (Å²) in [4.78, 5) is 6.56. The maximum absolute atomic E-state index is 5.60. The van der Waals surface area contributed by atoms with Crippen LogP contribution < -0.4 is 10.1 Å². The number of likely N-dealkylation sites (N-methyl/N-ethyl adjacent to an activating group) is 1. The lowest BCUT2D eigenvalue weighted by Gasteiger charge is -2.11. The summed E-state index contributed by atoms with van der Waals surface area (Å²) >= 11 is 0. The van der Waals surface area contributed by atoms with Crippen LogP contribution in [-0.2, 0) is 6.54 Å². The fraction of sp³-hybridized carbons (Fsp3) is 0.615. The average molecular weight is 235 g/mol. The third-order valence-electron chi connectivity index (χ3n) is 2.72. The van der Waals surface area contributed by atoms with Crippen LogP contribution in [0.1, 0.15) is 18.5 Å². The largest absolute Gasteiger partial charge is 0.476 e. The van der Waals surface area contributed by atoms with Gasteiger partial charge in [-0.25, -0.2) is 4.98 Å². The van der Waals surface area contributed by atoms with E-state index in [9.17, 15) is 0 Å². The lowest BCUT2D eigenvalue weighted by molar-refractivity contribution is 0.253. The second-order valence-electron chi connectivity index (χ2n) is 4.77. The number of ether oxygens (including phenoxy) is 1. The van der Waals surface area contributed by atoms with Gasteiger partial charge in [0.05, 0.1) is 5.69 Å². The van der Waals surface area contributed by atoms with Crippen LogP contribution in [0.15, 0.2) is 18.2 Å². The van der Waals surface area contributed by atoms with E-state index in [1.165, 1.54) is 12.8 Å². The van der Waals surface area contributed by atoms with Crippen molar-refractivity contribution >= 4 is 0 Å². The molecule has 94 valence electrons. The van der Waals surface area contributed by atoms with E-state index in [1.54, 1.807) is 0 Å². The lowest BCUT2D eigenvalue weighted by atomic mass is 10.3. The Hall–Kier alpha value is -1.13. The molecule has 1 heterocycles. The smallest absolute Gasteiger partial charge is 0.213 e. The van der Waals surface area contributed by atoms with Crippen LogP contribution in [0.5, 0.6) is 5.88 Å². The minimum atomic E-state index is 0.680. The van der Waals surface area contributed by atoms with Crippen LogP contribution in [0.3, 0.4) is 0 Å². The Labute approximate surface area is 103 Å². The molecular formula is C13H21N3O. The van der Waals surface area contributed by atoms with E-state index in [-0.39, 0.29) is 0 Å². The van der Waals surface area contributed by atoms with Gasteiger partial charge >= 0.3 is 0 Å². The molecule has 0 amide bonds. The molecule has 0 radical (unpaired) electrons. The molecule has 0 aromatic carbocycles. The molecule has 1 aliphatic rings. The molecule has 0 saturated heterocycles. The average Bonchev–Trinajstić information content (AvgIpc) is 3.10. The fourth-order valence-corrected chi connectivity index (χ4v) is 1.51. The minimum Gasteiger partial charge on any atom is -0.476 e. The van der Waals surface area contributed by atoms with Crippen molar-refractivity contribution < 1.29 is 4.74 Å². The highest BCUT2D eigenvalue weighted by Crippen LogP contribution is 2.19. The second-order valence-corrected chi connectivity index (χ2v) is 4.77. The minimum absolute atomic E-state index is 0.680. The first kappa shape index (κ1) is 12.3. The van der Waals surface area contributed by atoms with Gasteiger partial charge in [-0.15, -0.1) is 0 Å². The molecule has 1 aromatic rings. The van der Waals surface area contributed by atoms with Crippen molar-refractivity contribution in [2.24, 2.45) is 0 Å². The van der Waals surface area contributed by atoms with Crippen molar-refractivity contribution in [1.29, 1.82) is 0 Å². The number of hydrogen-bond acceptors (Lipinski definition) is 4. The molecule has 17 heavy (non-hydrogen) atoms. The Morgan fingerprint density at radius 3 is 2.94 bits per heavy atom. The fourth-order valence-electron chi connectivity index (χ4n) is 1.51. The maximum Gasteiger partial charge on any atom is 0.213 e. The van der Waals surface area contributed by atoms with Crippen molar-refractivity contribution in [2.75, 3.05) is 27.2 Å². The summed E-state index contributed by atoms with van der Waals surface area (Å²) in [7, 11) is 4.07. The zero-order valence-electron chi connectivity index (χ0n) is 10.6. The van der Waals surface area contributed by atoms with Crippen LogP contribution in [0, 0.1) is 0 Å². The number of pyridine rings is 1. The van der Waals surface area contributed by atoms with Crippen LogP contribution >= 0.6 is 0 Å². The van der Waals surface area contributed by atoms with Crippen molar-refractivity contribution in [2.45, 2.75) is 25.4 Å². The molecule has 4 nitrogen and oxygen atoms in total. The number of hydrogen-bond donors (Lipinski definition) is 1. The Morgan fingerprint density at radius 1 is 1.41 bits per heavy atom. The molecule has 0 aliphatic heterocycles. The van der Waals surface area contributed by atoms with Crippen molar-refractivity contribution in [3.8, 4) is 5.88 Å². The first-order valence-electron chi connectivity index (χ1n) is 6.21. The number of aromatic nitrogens is 1. The van der Waals surface area contributed by atoms with Gasteiger partial charge in [0.2, 0.25) is 5.88 Å². The standard InChI is InChI=1S/C13H21N3O/c1-16(2)8-9-17-13-5-3-4-12(15-13)10-14-11-6-7-11/h3-5,11,14H,6-10H2,1-2H3. The van der Waals surface area contributed by atoms with Gasteiger partial charge in [-0.2, -0.15) is 0 Å². The van der Waals surface area contributed by atoms with Gasteiger partial charge in [-0.1, -0.05) is 6.07 Å². The van der Waals surface area contributed by atoms with E-state index in [0.717, 1.165) is 30.7 Å². The van der Waals surface area contributed by atoms with Gasteiger partial charge < -0.3 is 15.0 Å². The van der Waals surface area contributed by atoms with Crippen molar-refractivity contribution in [3.05, 3.63) is 23.9 Å². The maximum atomic E-state index is 5.60. The number of nitrogens with zero attached hydrogens (tertiary/aromatic N) is 2. The number of nitrogens with one attached hydrogen (secondary N) is 1. The van der Waals surface area contributed by atoms with Crippen molar-refractivity contribution in [1.82, 2.24) is 15.2 Å². The molecule has 1 saturated carbocycles. The molecule has 1 aliphatic carbocycles. The van der Waals surface area contributed by atoms with Crippen molar-refractivity contribution in [3.63, 3.8) is 0 Å². The summed E-state index contributed by atoms with van der Waals surface area (Å²) in [6.45, 7) is 2.43. The van der Waals surface area contributed by atoms with Gasteiger partial charge in [0, 0.05) is 25.2 Å². The third-order valence-corrected chi connectivity index (χ3v) is 2.72. The van der Waals surface area contributed by atoms with Gasteiger partial charge in [-0.3, -0.25) is 0 Å². The SMILES string of the molecule is CN(C)CCOc1cccc(CNC2CC2)n1. The van der Waals surface area contributed by atoms with E-state index >= 15 is 0 Å². The normalized spacial score (nSPS) is 15.2. The highest BCUT2D eigenvalue weighted by molar-refractivity contribution is 5.15. The monoisotopic (exact) mass is 235 g/mol. The molecule has 2 rings (SSSR count). The molecule has 0 spiro atoms. The molecule has 1 aromatic heterocycles. The molecule has 0 unspecified atom stereocenters. The Kier molecular flexibility index (Phi) is 4.34. The molecule has 0 bridgehead atoms. The highest BCUT2D eigenvalue weighted by Gasteiger charge is 2.20. The summed E-state index contributed by atoms with van der Waals surface area (Å²) in [5, 5.41) is 3.45.